The molecule has 1 saturated heterocycles. The number of carbonyl (C=O) groups excluding carboxylic acids is 1. The molecule has 1 aliphatic rings. The lowest BCUT2D eigenvalue weighted by atomic mass is 10.2. The van der Waals surface area contributed by atoms with Crippen LogP contribution < -0.4 is 0 Å². The van der Waals surface area contributed by atoms with Gasteiger partial charge in [-0.2, -0.15) is 0 Å². The van der Waals surface area contributed by atoms with Crippen molar-refractivity contribution in [1.29, 1.82) is 0 Å². The molecule has 2 heterocycles. The Morgan fingerprint density at radius 1 is 1.21 bits per heavy atom. The van der Waals surface area contributed by atoms with Crippen LogP contribution in [-0.2, 0) is 4.79 Å². The van der Waals surface area contributed by atoms with E-state index in [1.165, 1.54) is 36.7 Å². The molecular formula is C18H22FN3OS. The van der Waals surface area contributed by atoms with Crippen LogP contribution in [0, 0.1) is 5.82 Å². The van der Waals surface area contributed by atoms with Crippen molar-refractivity contribution in [2.45, 2.75) is 43.0 Å². The molecule has 0 radical (unpaired) electrons. The van der Waals surface area contributed by atoms with Crippen molar-refractivity contribution < 1.29 is 9.18 Å². The van der Waals surface area contributed by atoms with Gasteiger partial charge in [0.2, 0.25) is 5.91 Å². The lowest BCUT2D eigenvalue weighted by molar-refractivity contribution is -0.130. The van der Waals surface area contributed by atoms with Crippen LogP contribution in [0.4, 0.5) is 4.39 Å². The number of aromatic amines is 1. The number of aromatic nitrogens is 2. The van der Waals surface area contributed by atoms with Crippen LogP contribution in [-0.4, -0.2) is 39.1 Å². The molecule has 24 heavy (non-hydrogen) atoms. The number of amides is 1. The second-order valence-corrected chi connectivity index (χ2v) is 7.44. The van der Waals surface area contributed by atoms with Crippen molar-refractivity contribution >= 4 is 17.7 Å². The quantitative estimate of drug-likeness (QED) is 0.847. The summed E-state index contributed by atoms with van der Waals surface area (Å²) in [6.07, 6.45) is 6.34. The van der Waals surface area contributed by atoms with Crippen molar-refractivity contribution in [3.63, 3.8) is 0 Å². The highest BCUT2D eigenvalue weighted by Gasteiger charge is 2.23. The molecule has 1 amide bonds. The number of carbonyl (C=O) groups is 1. The van der Waals surface area contributed by atoms with Gasteiger partial charge in [0.15, 0.2) is 5.16 Å². The minimum Gasteiger partial charge on any atom is -0.342 e. The smallest absolute Gasteiger partial charge is 0.235 e. The number of thioether (sulfide) groups is 1. The van der Waals surface area contributed by atoms with E-state index in [2.05, 4.69) is 9.97 Å². The largest absolute Gasteiger partial charge is 0.342 e. The predicted octanol–water partition coefficient (Wildman–Crippen LogP) is 4.10. The van der Waals surface area contributed by atoms with E-state index in [4.69, 9.17) is 0 Å². The van der Waals surface area contributed by atoms with Gasteiger partial charge in [0.1, 0.15) is 5.82 Å². The summed E-state index contributed by atoms with van der Waals surface area (Å²) in [4.78, 5) is 22.1. The first-order chi connectivity index (χ1) is 11.6. The van der Waals surface area contributed by atoms with Crippen LogP contribution in [0.25, 0.3) is 11.3 Å². The molecule has 0 saturated carbocycles. The van der Waals surface area contributed by atoms with Crippen molar-refractivity contribution in [3.05, 3.63) is 36.3 Å². The zero-order valence-corrected chi connectivity index (χ0v) is 14.6. The molecule has 1 aromatic carbocycles. The molecule has 4 nitrogen and oxygen atoms in total. The van der Waals surface area contributed by atoms with Gasteiger partial charge in [-0.25, -0.2) is 9.37 Å². The molecule has 1 unspecified atom stereocenters. The zero-order valence-electron chi connectivity index (χ0n) is 13.8. The minimum absolute atomic E-state index is 0.171. The van der Waals surface area contributed by atoms with E-state index in [9.17, 15) is 9.18 Å². The molecule has 1 aromatic heterocycles. The van der Waals surface area contributed by atoms with E-state index in [1.807, 2.05) is 11.8 Å². The average Bonchev–Trinajstić information content (AvgIpc) is 2.88. The molecular weight excluding hydrogens is 325 g/mol. The van der Waals surface area contributed by atoms with Crippen LogP contribution in [0.2, 0.25) is 0 Å². The summed E-state index contributed by atoms with van der Waals surface area (Å²) in [6, 6.07) is 6.27. The van der Waals surface area contributed by atoms with Crippen molar-refractivity contribution in [2.75, 3.05) is 13.1 Å². The maximum Gasteiger partial charge on any atom is 0.235 e. The van der Waals surface area contributed by atoms with E-state index in [-0.39, 0.29) is 17.0 Å². The van der Waals surface area contributed by atoms with Crippen LogP contribution in [0.3, 0.4) is 0 Å². The summed E-state index contributed by atoms with van der Waals surface area (Å²) < 4.78 is 13.0. The number of imidazole rings is 1. The number of benzene rings is 1. The molecule has 0 bridgehead atoms. The summed E-state index contributed by atoms with van der Waals surface area (Å²) in [5.41, 5.74) is 1.70. The highest BCUT2D eigenvalue weighted by atomic mass is 32.2. The maximum absolute atomic E-state index is 13.0. The van der Waals surface area contributed by atoms with Crippen LogP contribution in [0.1, 0.15) is 32.6 Å². The van der Waals surface area contributed by atoms with Crippen molar-refractivity contribution in [3.8, 4) is 11.3 Å². The monoisotopic (exact) mass is 347 g/mol. The molecule has 3 rings (SSSR count). The number of hydrogen-bond acceptors (Lipinski definition) is 3. The van der Waals surface area contributed by atoms with Crippen molar-refractivity contribution in [1.82, 2.24) is 14.9 Å². The number of halogens is 1. The van der Waals surface area contributed by atoms with Gasteiger partial charge >= 0.3 is 0 Å². The molecule has 6 heteroatoms. The Labute approximate surface area is 145 Å². The number of likely N-dealkylation sites (tertiary alicyclic amines) is 1. The Bertz CT molecular complexity index is 678. The highest BCUT2D eigenvalue weighted by Crippen LogP contribution is 2.26. The lowest BCUT2D eigenvalue weighted by Crippen LogP contribution is -2.37. The summed E-state index contributed by atoms with van der Waals surface area (Å²) in [6.45, 7) is 3.66. The summed E-state index contributed by atoms with van der Waals surface area (Å²) in [7, 11) is 0. The summed E-state index contributed by atoms with van der Waals surface area (Å²) >= 11 is 1.44. The van der Waals surface area contributed by atoms with Gasteiger partial charge < -0.3 is 9.88 Å². The second-order valence-electron chi connectivity index (χ2n) is 6.11. The van der Waals surface area contributed by atoms with Gasteiger partial charge in [-0.15, -0.1) is 0 Å². The molecule has 128 valence electrons. The van der Waals surface area contributed by atoms with Gasteiger partial charge in [-0.3, -0.25) is 4.79 Å². The van der Waals surface area contributed by atoms with Gasteiger partial charge in [0.25, 0.3) is 0 Å². The average molecular weight is 347 g/mol. The number of rotatable bonds is 4. The molecule has 0 spiro atoms. The molecule has 0 aliphatic carbocycles. The van der Waals surface area contributed by atoms with E-state index in [0.717, 1.165) is 37.2 Å². The Balaban J connectivity index is 1.63. The topological polar surface area (TPSA) is 49.0 Å². The third kappa shape index (κ3) is 4.17. The molecule has 1 aliphatic heterocycles. The number of nitrogens with one attached hydrogen (secondary N) is 1. The lowest BCUT2D eigenvalue weighted by Gasteiger charge is -2.23. The SMILES string of the molecule is CC(Sc1ncc(-c2ccc(F)cc2)[nH]1)C(=O)N1CCCCCC1. The standard InChI is InChI=1S/C18H22FN3OS/c1-13(17(23)22-10-4-2-3-5-11-22)24-18-20-12-16(21-18)14-6-8-15(19)9-7-14/h6-9,12-13H,2-5,10-11H2,1H3,(H,20,21). The van der Waals surface area contributed by atoms with E-state index < -0.39 is 0 Å². The molecule has 1 fully saturated rings. The summed E-state index contributed by atoms with van der Waals surface area (Å²) in [5, 5.41) is 0.542. The normalized spacial score (nSPS) is 16.7. The molecule has 2 aromatic rings. The first-order valence-electron chi connectivity index (χ1n) is 8.40. The van der Waals surface area contributed by atoms with E-state index in [0.29, 0.717) is 5.16 Å². The fraction of sp³-hybridized carbons (Fsp3) is 0.444. The first-order valence-corrected chi connectivity index (χ1v) is 9.28. The van der Waals surface area contributed by atoms with Crippen LogP contribution in [0.15, 0.2) is 35.6 Å². The van der Waals surface area contributed by atoms with Gasteiger partial charge in [-0.05, 0) is 49.6 Å². The Morgan fingerprint density at radius 2 is 1.88 bits per heavy atom. The van der Waals surface area contributed by atoms with Gasteiger partial charge in [-0.1, -0.05) is 24.6 Å². The first kappa shape index (κ1) is 17.0. The van der Waals surface area contributed by atoms with Crippen molar-refractivity contribution in [2.24, 2.45) is 0 Å². The summed E-state index contributed by atoms with van der Waals surface area (Å²) in [5.74, 6) is -0.0776. The number of H-pyrrole nitrogens is 1. The Kier molecular flexibility index (Phi) is 5.56. The minimum atomic E-state index is -0.260. The molecule has 1 N–H and O–H groups in total. The maximum atomic E-state index is 13.0. The Hall–Kier alpha value is -1.82. The van der Waals surface area contributed by atoms with Crippen LogP contribution in [0.5, 0.6) is 0 Å². The third-order valence-corrected chi connectivity index (χ3v) is 5.25. The fourth-order valence-electron chi connectivity index (χ4n) is 2.91. The number of hydrogen-bond donors (Lipinski definition) is 1. The zero-order chi connectivity index (χ0) is 16.9. The van der Waals surface area contributed by atoms with Gasteiger partial charge in [0, 0.05) is 13.1 Å². The van der Waals surface area contributed by atoms with E-state index in [1.54, 1.807) is 18.3 Å². The fourth-order valence-corrected chi connectivity index (χ4v) is 3.77. The van der Waals surface area contributed by atoms with Crippen LogP contribution >= 0.6 is 11.8 Å². The second kappa shape index (κ2) is 7.83. The van der Waals surface area contributed by atoms with E-state index >= 15 is 0 Å². The third-order valence-electron chi connectivity index (χ3n) is 4.26. The highest BCUT2D eigenvalue weighted by molar-refractivity contribution is 8.00. The molecule has 1 atom stereocenters. The predicted molar refractivity (Wildman–Crippen MR) is 94.3 cm³/mol. The van der Waals surface area contributed by atoms with Gasteiger partial charge in [0.05, 0.1) is 17.1 Å². The number of nitrogens with zero attached hydrogens (tertiary/aromatic N) is 2. The Morgan fingerprint density at radius 3 is 2.54 bits per heavy atom.